The molecule has 0 aliphatic carbocycles. The fourth-order valence-corrected chi connectivity index (χ4v) is 1.03. The molecule has 0 amide bonds. The van der Waals surface area contributed by atoms with Gasteiger partial charge in [-0.25, -0.2) is 0 Å². The van der Waals surface area contributed by atoms with E-state index in [4.69, 9.17) is 0 Å². The summed E-state index contributed by atoms with van der Waals surface area (Å²) in [4.78, 5) is 8.16. The maximum atomic E-state index is 4.10. The number of nitrogens with zero attached hydrogens (tertiary/aromatic N) is 2. The van der Waals surface area contributed by atoms with Crippen molar-refractivity contribution in [3.8, 4) is 0 Å². The first-order valence-electron chi connectivity index (χ1n) is 4.61. The molecule has 2 aromatic rings. The van der Waals surface area contributed by atoms with E-state index in [-0.39, 0.29) is 32.7 Å². The zero-order chi connectivity index (χ0) is 10.4. The fraction of sp³-hybridized carbons (Fsp3) is 0.250. The largest absolute Gasteiger partial charge is 0.448 e. The average Bonchev–Trinajstić information content (AvgIpc) is 2.19. The third-order valence-corrected chi connectivity index (χ3v) is 1.58. The Morgan fingerprint density at radius 3 is 2.53 bits per heavy atom. The molecule has 0 saturated carbocycles. The van der Waals surface area contributed by atoms with Crippen LogP contribution in [0.5, 0.6) is 0 Å². The molecule has 2 rings (SSSR count). The van der Waals surface area contributed by atoms with E-state index >= 15 is 0 Å². The summed E-state index contributed by atoms with van der Waals surface area (Å²) >= 11 is 0. The molecule has 0 unspecified atom stereocenters. The topological polar surface area (TPSA) is 25.8 Å². The quantitative estimate of drug-likeness (QED) is 0.691. The molecule has 0 fully saturated rings. The number of fused-ring (bicyclic) bond motifs is 1. The van der Waals surface area contributed by atoms with Gasteiger partial charge in [0.25, 0.3) is 0 Å². The van der Waals surface area contributed by atoms with Crippen molar-refractivity contribution in [1.82, 2.24) is 9.97 Å². The van der Waals surface area contributed by atoms with Gasteiger partial charge in [0.05, 0.1) is 0 Å². The van der Waals surface area contributed by atoms with Gasteiger partial charge in [0.2, 0.25) is 0 Å². The number of rotatable bonds is 0. The van der Waals surface area contributed by atoms with Gasteiger partial charge in [0.15, 0.2) is 0 Å². The Labute approximate surface area is 116 Å². The van der Waals surface area contributed by atoms with Crippen molar-refractivity contribution in [2.45, 2.75) is 20.8 Å². The van der Waals surface area contributed by atoms with Gasteiger partial charge in [-0.3, -0.25) is 4.98 Å². The van der Waals surface area contributed by atoms with E-state index in [1.807, 2.05) is 45.4 Å². The van der Waals surface area contributed by atoms with Crippen molar-refractivity contribution >= 4 is 11.0 Å². The molecule has 0 saturated heterocycles. The smallest absolute Gasteiger partial charge is 0.00480 e. The maximum Gasteiger partial charge on any atom is 0.00480 e. The van der Waals surface area contributed by atoms with E-state index in [0.29, 0.717) is 0 Å². The summed E-state index contributed by atoms with van der Waals surface area (Å²) in [5, 5.41) is 0. The number of benzene rings is 1. The van der Waals surface area contributed by atoms with E-state index in [1.54, 1.807) is 6.20 Å². The maximum absolute atomic E-state index is 4.10. The van der Waals surface area contributed by atoms with E-state index in [2.05, 4.69) is 16.2 Å². The van der Waals surface area contributed by atoms with E-state index < -0.39 is 0 Å². The molecule has 1 aromatic heterocycles. The average molecular weight is 275 g/mol. The molecule has 0 spiro atoms. The van der Waals surface area contributed by atoms with Crippen LogP contribution in [0.1, 0.15) is 19.4 Å². The minimum absolute atomic E-state index is 0. The minimum atomic E-state index is 0. The second-order valence-corrected chi connectivity index (χ2v) is 3.07. The Morgan fingerprint density at radius 1 is 1.20 bits per heavy atom. The zero-order valence-electron chi connectivity index (χ0n) is 9.36. The molecule has 1 aromatic carbocycles. The van der Waals surface area contributed by atoms with Gasteiger partial charge in [0, 0.05) is 38.2 Å². The van der Waals surface area contributed by atoms with Crippen LogP contribution in [0.2, 0.25) is 0 Å². The van der Waals surface area contributed by atoms with Gasteiger partial charge >= 0.3 is 0 Å². The summed E-state index contributed by atoms with van der Waals surface area (Å²) in [6, 6.07) is 5.99. The van der Waals surface area contributed by atoms with Gasteiger partial charge in [-0.05, 0) is 13.1 Å². The molecule has 15 heavy (non-hydrogen) atoms. The normalized spacial score (nSPS) is 8.73. The van der Waals surface area contributed by atoms with Crippen LogP contribution in [-0.2, 0) is 32.7 Å². The van der Waals surface area contributed by atoms with Crippen molar-refractivity contribution in [2.24, 2.45) is 0 Å². The Hall–Kier alpha value is -0.336. The first kappa shape index (κ1) is 14.7. The van der Waals surface area contributed by atoms with Crippen LogP contribution in [0, 0.1) is 19.5 Å². The molecular formula is C12H14N2Y-2. The van der Waals surface area contributed by atoms with E-state index in [0.717, 1.165) is 11.0 Å². The van der Waals surface area contributed by atoms with Crippen LogP contribution in [0.3, 0.4) is 0 Å². The summed E-state index contributed by atoms with van der Waals surface area (Å²) < 4.78 is 0. The molecule has 1 radical (unpaired) electrons. The molecule has 0 aliphatic rings. The summed E-state index contributed by atoms with van der Waals surface area (Å²) in [6.45, 7) is 6.04. The fourth-order valence-electron chi connectivity index (χ4n) is 1.03. The van der Waals surface area contributed by atoms with Gasteiger partial charge in [-0.2, -0.15) is 13.8 Å². The molecule has 1 heterocycles. The predicted octanol–water partition coefficient (Wildman–Crippen LogP) is 2.97. The third kappa shape index (κ3) is 4.81. The van der Waals surface area contributed by atoms with Crippen LogP contribution in [0.25, 0.3) is 11.0 Å². The van der Waals surface area contributed by atoms with E-state index in [9.17, 15) is 0 Å². The summed E-state index contributed by atoms with van der Waals surface area (Å²) in [7, 11) is 0. The van der Waals surface area contributed by atoms with Crippen molar-refractivity contribution < 1.29 is 32.7 Å². The minimum Gasteiger partial charge on any atom is -0.448 e. The Morgan fingerprint density at radius 2 is 1.87 bits per heavy atom. The van der Waals surface area contributed by atoms with Crippen molar-refractivity contribution in [3.05, 3.63) is 42.6 Å². The third-order valence-electron chi connectivity index (χ3n) is 1.58. The van der Waals surface area contributed by atoms with Crippen molar-refractivity contribution in [1.29, 1.82) is 0 Å². The van der Waals surface area contributed by atoms with Crippen molar-refractivity contribution in [2.75, 3.05) is 0 Å². The van der Waals surface area contributed by atoms with Gasteiger partial charge in [-0.1, -0.05) is 23.2 Å². The number of aromatic nitrogens is 2. The summed E-state index contributed by atoms with van der Waals surface area (Å²) in [5.41, 5.74) is 3.04. The van der Waals surface area contributed by atoms with Crippen molar-refractivity contribution in [3.63, 3.8) is 0 Å². The van der Waals surface area contributed by atoms with E-state index in [1.165, 1.54) is 5.56 Å². The van der Waals surface area contributed by atoms with Crippen LogP contribution in [0.4, 0.5) is 0 Å². The Kier molecular flexibility index (Phi) is 7.71. The summed E-state index contributed by atoms with van der Waals surface area (Å²) in [5.74, 6) is 0. The number of aryl methyl sites for hydroxylation is 1. The van der Waals surface area contributed by atoms with Crippen LogP contribution >= 0.6 is 0 Å². The van der Waals surface area contributed by atoms with Gasteiger partial charge < -0.3 is 11.4 Å². The monoisotopic (exact) mass is 275 g/mol. The SMILES string of the molecule is C[CH-]C.Cc1ccc2nc[c-]nc2c1.[Y]. The zero-order valence-corrected chi connectivity index (χ0v) is 12.2. The second-order valence-electron chi connectivity index (χ2n) is 3.07. The predicted molar refractivity (Wildman–Crippen MR) is 58.8 cm³/mol. The van der Waals surface area contributed by atoms with Gasteiger partial charge in [0.1, 0.15) is 0 Å². The first-order valence-corrected chi connectivity index (χ1v) is 4.61. The summed E-state index contributed by atoms with van der Waals surface area (Å²) in [6.07, 6.45) is 6.28. The molecule has 0 aliphatic heterocycles. The molecule has 77 valence electrons. The Balaban J connectivity index is 0.000000443. The molecule has 2 nitrogen and oxygen atoms in total. The first-order chi connectivity index (χ1) is 6.77. The molecule has 0 atom stereocenters. The van der Waals surface area contributed by atoms with Crippen LogP contribution in [0.15, 0.2) is 24.4 Å². The molecule has 0 N–H and O–H groups in total. The Bertz CT molecular complexity index is 401. The number of hydrogen-bond acceptors (Lipinski definition) is 2. The molecular weight excluding hydrogens is 261 g/mol. The van der Waals surface area contributed by atoms with Gasteiger partial charge in [-0.15, -0.1) is 12.3 Å². The molecule has 0 bridgehead atoms. The number of hydrogen-bond donors (Lipinski definition) is 0. The van der Waals surface area contributed by atoms with Crippen LogP contribution < -0.4 is 0 Å². The molecule has 3 heteroatoms. The second kappa shape index (κ2) is 7.89. The van der Waals surface area contributed by atoms with Crippen LogP contribution in [-0.4, -0.2) is 9.97 Å². The standard InChI is InChI=1S/C9H7N2.C3H7.Y/c1-7-2-3-8-9(6-7)11-5-4-10-8;1-3-2;/h2-4,6H,1H3;3H,1-2H3;/q2*-1;.